The maximum atomic E-state index is 5.74. The fourth-order valence-corrected chi connectivity index (χ4v) is 1.87. The van der Waals surface area contributed by atoms with Crippen molar-refractivity contribution in [3.63, 3.8) is 0 Å². The summed E-state index contributed by atoms with van der Waals surface area (Å²) in [4.78, 5) is 4.21. The summed E-state index contributed by atoms with van der Waals surface area (Å²) in [5.74, 6) is 1.41. The summed E-state index contributed by atoms with van der Waals surface area (Å²) in [5, 5.41) is 3.10. The second-order valence-electron chi connectivity index (χ2n) is 4.05. The van der Waals surface area contributed by atoms with Crippen LogP contribution in [0.4, 0.5) is 0 Å². The topological polar surface area (TPSA) is 34.2 Å². The van der Waals surface area contributed by atoms with Crippen LogP contribution >= 0.6 is 15.9 Å². The zero-order valence-corrected chi connectivity index (χ0v) is 12.0. The van der Waals surface area contributed by atoms with E-state index in [-0.39, 0.29) is 0 Å². The number of pyridine rings is 1. The van der Waals surface area contributed by atoms with Crippen molar-refractivity contribution in [2.24, 2.45) is 0 Å². The maximum Gasteiger partial charge on any atom is 0.219 e. The number of hydrogen-bond acceptors (Lipinski definition) is 3. The first kappa shape index (κ1) is 13.1. The maximum absolute atomic E-state index is 5.74. The van der Waals surface area contributed by atoms with Gasteiger partial charge in [0.1, 0.15) is 5.75 Å². The average molecular weight is 307 g/mol. The van der Waals surface area contributed by atoms with Gasteiger partial charge in [0.05, 0.1) is 0 Å². The molecule has 3 nitrogen and oxygen atoms in total. The zero-order valence-electron chi connectivity index (χ0n) is 10.4. The van der Waals surface area contributed by atoms with Crippen LogP contribution in [0.25, 0.3) is 0 Å². The van der Waals surface area contributed by atoms with E-state index in [1.807, 2.05) is 44.3 Å². The van der Waals surface area contributed by atoms with Gasteiger partial charge in [-0.3, -0.25) is 0 Å². The number of nitrogens with one attached hydrogen (secondary N) is 1. The van der Waals surface area contributed by atoms with Crippen LogP contribution in [0.1, 0.15) is 11.1 Å². The van der Waals surface area contributed by atoms with Crippen molar-refractivity contribution in [2.45, 2.75) is 13.5 Å². The number of aryl methyl sites for hydroxylation is 1. The van der Waals surface area contributed by atoms with E-state index in [0.717, 1.165) is 27.9 Å². The molecule has 1 aromatic carbocycles. The first-order valence-corrected chi connectivity index (χ1v) is 6.52. The van der Waals surface area contributed by atoms with Gasteiger partial charge in [-0.25, -0.2) is 4.98 Å². The van der Waals surface area contributed by atoms with E-state index in [2.05, 4.69) is 26.2 Å². The highest BCUT2D eigenvalue weighted by molar-refractivity contribution is 9.10. The molecule has 0 saturated heterocycles. The van der Waals surface area contributed by atoms with E-state index < -0.39 is 0 Å². The molecule has 0 fully saturated rings. The molecular formula is C14H15BrN2O. The SMILES string of the molecule is CNCc1ccnc(Oc2ccc(Br)c(C)c2)c1. The third kappa shape index (κ3) is 3.31. The number of halogens is 1. The van der Waals surface area contributed by atoms with Crippen LogP contribution in [0.3, 0.4) is 0 Å². The molecular weight excluding hydrogens is 292 g/mol. The fourth-order valence-electron chi connectivity index (χ4n) is 1.62. The first-order valence-electron chi connectivity index (χ1n) is 5.72. The fraction of sp³-hybridized carbons (Fsp3) is 0.214. The number of benzene rings is 1. The van der Waals surface area contributed by atoms with E-state index in [1.165, 1.54) is 0 Å². The van der Waals surface area contributed by atoms with Crippen LogP contribution in [0.5, 0.6) is 11.6 Å². The smallest absolute Gasteiger partial charge is 0.219 e. The highest BCUT2D eigenvalue weighted by Gasteiger charge is 2.02. The third-order valence-corrected chi connectivity index (χ3v) is 3.42. The number of rotatable bonds is 4. The summed E-state index contributed by atoms with van der Waals surface area (Å²) < 4.78 is 6.82. The predicted octanol–water partition coefficient (Wildman–Crippen LogP) is 3.66. The van der Waals surface area contributed by atoms with Crippen LogP contribution in [-0.4, -0.2) is 12.0 Å². The van der Waals surface area contributed by atoms with E-state index in [9.17, 15) is 0 Å². The zero-order chi connectivity index (χ0) is 13.0. The molecule has 0 atom stereocenters. The Balaban J connectivity index is 2.17. The van der Waals surface area contributed by atoms with Crippen LogP contribution in [0.2, 0.25) is 0 Å². The number of aromatic nitrogens is 1. The Morgan fingerprint density at radius 1 is 1.28 bits per heavy atom. The minimum absolute atomic E-state index is 0.615. The van der Waals surface area contributed by atoms with E-state index in [1.54, 1.807) is 6.20 Å². The monoisotopic (exact) mass is 306 g/mol. The van der Waals surface area contributed by atoms with Crippen molar-refractivity contribution in [1.82, 2.24) is 10.3 Å². The second-order valence-corrected chi connectivity index (χ2v) is 4.90. The Bertz CT molecular complexity index is 543. The Hall–Kier alpha value is -1.39. The molecule has 1 aromatic heterocycles. The van der Waals surface area contributed by atoms with Crippen molar-refractivity contribution in [3.05, 3.63) is 52.1 Å². The molecule has 0 aliphatic heterocycles. The molecule has 0 radical (unpaired) electrons. The lowest BCUT2D eigenvalue weighted by Crippen LogP contribution is -2.05. The van der Waals surface area contributed by atoms with Crippen LogP contribution < -0.4 is 10.1 Å². The summed E-state index contributed by atoms with van der Waals surface area (Å²) in [5.41, 5.74) is 2.29. The highest BCUT2D eigenvalue weighted by atomic mass is 79.9. The van der Waals surface area contributed by atoms with Gasteiger partial charge in [-0.05, 0) is 49.4 Å². The average Bonchev–Trinajstić information content (AvgIpc) is 2.35. The molecule has 18 heavy (non-hydrogen) atoms. The molecule has 0 spiro atoms. The quantitative estimate of drug-likeness (QED) is 0.936. The molecule has 0 unspecified atom stereocenters. The van der Waals surface area contributed by atoms with E-state index >= 15 is 0 Å². The van der Waals surface area contributed by atoms with Gasteiger partial charge in [0.2, 0.25) is 5.88 Å². The van der Waals surface area contributed by atoms with Crippen LogP contribution in [-0.2, 0) is 6.54 Å². The molecule has 4 heteroatoms. The Morgan fingerprint density at radius 3 is 2.83 bits per heavy atom. The van der Waals surface area contributed by atoms with Crippen molar-refractivity contribution in [2.75, 3.05) is 7.05 Å². The predicted molar refractivity (Wildman–Crippen MR) is 76.0 cm³/mol. The summed E-state index contributed by atoms with van der Waals surface area (Å²) >= 11 is 3.47. The lowest BCUT2D eigenvalue weighted by Gasteiger charge is -2.07. The second kappa shape index (κ2) is 5.98. The summed E-state index contributed by atoms with van der Waals surface area (Å²) in [6, 6.07) is 9.78. The largest absolute Gasteiger partial charge is 0.439 e. The molecule has 0 amide bonds. The molecule has 0 saturated carbocycles. The standard InChI is InChI=1S/C14H15BrN2O/c1-10-7-12(3-4-13(10)15)18-14-8-11(9-16-2)5-6-17-14/h3-8,16H,9H2,1-2H3. The van der Waals surface area contributed by atoms with Crippen molar-refractivity contribution < 1.29 is 4.74 Å². The summed E-state index contributed by atoms with van der Waals surface area (Å²) in [7, 11) is 1.92. The van der Waals surface area contributed by atoms with Crippen LogP contribution in [0, 0.1) is 6.92 Å². The summed E-state index contributed by atoms with van der Waals surface area (Å²) in [6.45, 7) is 2.83. The Morgan fingerprint density at radius 2 is 2.11 bits per heavy atom. The Labute approximate surface area is 115 Å². The minimum Gasteiger partial charge on any atom is -0.439 e. The Kier molecular flexibility index (Phi) is 4.33. The van der Waals surface area contributed by atoms with Crippen molar-refractivity contribution >= 4 is 15.9 Å². The van der Waals surface area contributed by atoms with Gasteiger partial charge in [0, 0.05) is 23.3 Å². The van der Waals surface area contributed by atoms with Gasteiger partial charge in [-0.2, -0.15) is 0 Å². The van der Waals surface area contributed by atoms with Gasteiger partial charge < -0.3 is 10.1 Å². The lowest BCUT2D eigenvalue weighted by atomic mass is 10.2. The molecule has 1 heterocycles. The van der Waals surface area contributed by atoms with Gasteiger partial charge in [0.25, 0.3) is 0 Å². The van der Waals surface area contributed by atoms with Gasteiger partial charge in [0.15, 0.2) is 0 Å². The van der Waals surface area contributed by atoms with E-state index in [4.69, 9.17) is 4.74 Å². The van der Waals surface area contributed by atoms with E-state index in [0.29, 0.717) is 5.88 Å². The summed E-state index contributed by atoms with van der Waals surface area (Å²) in [6.07, 6.45) is 1.76. The third-order valence-electron chi connectivity index (χ3n) is 2.53. The van der Waals surface area contributed by atoms with Gasteiger partial charge >= 0.3 is 0 Å². The molecule has 0 bridgehead atoms. The first-order chi connectivity index (χ1) is 8.69. The molecule has 0 aliphatic rings. The minimum atomic E-state index is 0.615. The molecule has 1 N–H and O–H groups in total. The highest BCUT2D eigenvalue weighted by Crippen LogP contribution is 2.25. The van der Waals surface area contributed by atoms with Crippen LogP contribution in [0.15, 0.2) is 41.0 Å². The lowest BCUT2D eigenvalue weighted by molar-refractivity contribution is 0.461. The normalized spacial score (nSPS) is 10.4. The number of nitrogens with zero attached hydrogens (tertiary/aromatic N) is 1. The van der Waals surface area contributed by atoms with Gasteiger partial charge in [-0.15, -0.1) is 0 Å². The van der Waals surface area contributed by atoms with Crippen molar-refractivity contribution in [3.8, 4) is 11.6 Å². The molecule has 0 aliphatic carbocycles. The molecule has 94 valence electrons. The van der Waals surface area contributed by atoms with Crippen molar-refractivity contribution in [1.29, 1.82) is 0 Å². The molecule has 2 aromatic rings. The van der Waals surface area contributed by atoms with Gasteiger partial charge in [-0.1, -0.05) is 15.9 Å². The molecule has 2 rings (SSSR count). The number of ether oxygens (including phenoxy) is 1. The number of hydrogen-bond donors (Lipinski definition) is 1.